The Kier molecular flexibility index (Phi) is 10.1. The van der Waals surface area contributed by atoms with Crippen LogP contribution < -0.4 is 30.5 Å². The van der Waals surface area contributed by atoms with Gasteiger partial charge in [-0.3, -0.25) is 29.6 Å². The van der Waals surface area contributed by atoms with Crippen LogP contribution in [0.2, 0.25) is 0 Å². The summed E-state index contributed by atoms with van der Waals surface area (Å²) in [5.41, 5.74) is 0.933. The van der Waals surface area contributed by atoms with E-state index in [1.165, 1.54) is 30.5 Å². The first kappa shape index (κ1) is 39.6. The molecule has 0 spiro atoms. The van der Waals surface area contributed by atoms with E-state index in [1.54, 1.807) is 12.3 Å². The molecule has 1 aliphatic carbocycles. The highest BCUT2D eigenvalue weighted by atomic mass is 19.1. The summed E-state index contributed by atoms with van der Waals surface area (Å²) in [4.78, 5) is 61.5. The summed E-state index contributed by atoms with van der Waals surface area (Å²) in [6, 6.07) is 8.83. The fourth-order valence-electron chi connectivity index (χ4n) is 9.39. The third-order valence-electron chi connectivity index (χ3n) is 12.9. The van der Waals surface area contributed by atoms with Gasteiger partial charge in [0.25, 0.3) is 5.91 Å². The number of phenolic OH excluding ortho intramolecular Hbond substituents is 1. The van der Waals surface area contributed by atoms with Gasteiger partial charge in [-0.05, 0) is 67.8 Å². The van der Waals surface area contributed by atoms with Crippen molar-refractivity contribution in [3.8, 4) is 35.4 Å². The number of aromatic hydroxyl groups is 1. The minimum Gasteiger partial charge on any atom is -0.508 e. The van der Waals surface area contributed by atoms with Crippen molar-refractivity contribution in [2.24, 2.45) is 5.41 Å². The van der Waals surface area contributed by atoms with Crippen LogP contribution in [0.5, 0.6) is 11.8 Å². The van der Waals surface area contributed by atoms with Crippen LogP contribution in [0.4, 0.5) is 20.3 Å². The van der Waals surface area contributed by atoms with Crippen LogP contribution >= 0.6 is 0 Å². The Labute approximate surface area is 355 Å². The lowest BCUT2D eigenvalue weighted by Gasteiger charge is -2.37. The molecule has 2 aromatic carbocycles. The maximum Gasteiger partial charge on any atom is 0.319 e. The highest BCUT2D eigenvalue weighted by molar-refractivity contribution is 6.04. The molecule has 4 saturated heterocycles. The predicted molar refractivity (Wildman–Crippen MR) is 226 cm³/mol. The van der Waals surface area contributed by atoms with Crippen LogP contribution in [0, 0.1) is 29.4 Å². The Morgan fingerprint density at radius 3 is 2.48 bits per heavy atom. The highest BCUT2D eigenvalue weighted by Gasteiger charge is 2.45. The maximum absolute atomic E-state index is 17.0. The fourth-order valence-corrected chi connectivity index (χ4v) is 9.39. The number of carbonyl (C=O) groups excluding carboxylic acids is 3. The number of benzene rings is 2. The van der Waals surface area contributed by atoms with Gasteiger partial charge in [-0.1, -0.05) is 12.0 Å². The normalized spacial score (nSPS) is 22.1. The molecule has 318 valence electrons. The molecule has 62 heavy (non-hydrogen) atoms. The first-order valence-corrected chi connectivity index (χ1v) is 21.0. The molecule has 5 aromatic rings. The number of aromatic nitrogens is 4. The largest absolute Gasteiger partial charge is 0.508 e. The van der Waals surface area contributed by atoms with Crippen molar-refractivity contribution >= 4 is 50.9 Å². The highest BCUT2D eigenvalue weighted by Crippen LogP contribution is 2.47. The average Bonchev–Trinajstić information content (AvgIpc) is 3.96. The summed E-state index contributed by atoms with van der Waals surface area (Å²) in [5.74, 6) is 0.0514. The van der Waals surface area contributed by atoms with E-state index >= 15 is 4.39 Å². The molecule has 5 fully saturated rings. The van der Waals surface area contributed by atoms with Gasteiger partial charge in [0.05, 0.1) is 29.4 Å². The quantitative estimate of drug-likeness (QED) is 0.119. The van der Waals surface area contributed by atoms with E-state index in [9.17, 15) is 23.9 Å². The van der Waals surface area contributed by atoms with Crippen LogP contribution in [-0.4, -0.2) is 118 Å². The van der Waals surface area contributed by atoms with E-state index in [2.05, 4.69) is 51.5 Å². The molecule has 4 aliphatic heterocycles. The first-order chi connectivity index (χ1) is 30.0. The van der Waals surface area contributed by atoms with Crippen molar-refractivity contribution < 1.29 is 33.0 Å². The molecular weight excluding hydrogens is 799 g/mol. The number of carbonyl (C=O) groups is 3. The van der Waals surface area contributed by atoms with Gasteiger partial charge in [0.1, 0.15) is 40.3 Å². The van der Waals surface area contributed by atoms with Crippen LogP contribution in [-0.2, 0) is 9.59 Å². The summed E-state index contributed by atoms with van der Waals surface area (Å²) >= 11 is 0. The smallest absolute Gasteiger partial charge is 0.319 e. The summed E-state index contributed by atoms with van der Waals surface area (Å²) in [7, 11) is 0. The number of rotatable bonds is 10. The second-order valence-electron chi connectivity index (χ2n) is 17.1. The molecule has 3 atom stereocenters. The Bertz CT molecular complexity index is 2670. The number of piperazine rings is 2. The van der Waals surface area contributed by atoms with E-state index in [-0.39, 0.29) is 81.4 Å². The predicted octanol–water partition coefficient (Wildman–Crippen LogP) is 3.66. The lowest BCUT2D eigenvalue weighted by Crippen LogP contribution is -2.52. The van der Waals surface area contributed by atoms with E-state index in [1.807, 2.05) is 6.07 Å². The Morgan fingerprint density at radius 2 is 1.77 bits per heavy atom. The number of anilines is 2. The molecule has 15 nitrogen and oxygen atoms in total. The van der Waals surface area contributed by atoms with Crippen molar-refractivity contribution in [3.05, 3.63) is 71.7 Å². The number of halogens is 2. The number of nitrogens with one attached hydrogen (secondary N) is 3. The lowest BCUT2D eigenvalue weighted by molar-refractivity contribution is -0.134. The third-order valence-corrected chi connectivity index (χ3v) is 12.9. The van der Waals surface area contributed by atoms with Crippen LogP contribution in [0.15, 0.2) is 48.8 Å². The van der Waals surface area contributed by atoms with Crippen molar-refractivity contribution in [2.45, 2.75) is 56.7 Å². The molecule has 10 rings (SSSR count). The van der Waals surface area contributed by atoms with Gasteiger partial charge in [0.15, 0.2) is 5.82 Å². The molecule has 4 N–H and O–H groups in total. The maximum atomic E-state index is 17.0. The zero-order chi connectivity index (χ0) is 42.7. The number of terminal acetylenes is 1. The zero-order valence-corrected chi connectivity index (χ0v) is 33.8. The average molecular weight is 843 g/mol. The van der Waals surface area contributed by atoms with Crippen molar-refractivity contribution in [1.82, 2.24) is 40.8 Å². The van der Waals surface area contributed by atoms with Gasteiger partial charge in [-0.2, -0.15) is 9.97 Å². The number of piperidine rings is 1. The van der Waals surface area contributed by atoms with Gasteiger partial charge >= 0.3 is 6.01 Å². The number of phenols is 1. The van der Waals surface area contributed by atoms with Gasteiger partial charge in [0, 0.05) is 86.9 Å². The molecule has 17 heteroatoms. The Hall–Kier alpha value is -6.51. The number of nitrogens with zero attached hydrogens (tertiary/aromatic N) is 7. The molecule has 2 bridgehead atoms. The monoisotopic (exact) mass is 842 g/mol. The SMILES string of the molecule is C#Cc1c(F)ccc2cc(O)cc(-c3ncc4c(N5CC6CCC(C5)N6)nc(OCC5(CN6CCN(c7ccc(C(=O)NC8CCC(=O)NC8=O)nc7)CC6)CC5)nc4c3F)c12. The number of amides is 3. The van der Waals surface area contributed by atoms with E-state index in [4.69, 9.17) is 16.1 Å². The van der Waals surface area contributed by atoms with Gasteiger partial charge < -0.3 is 30.3 Å². The van der Waals surface area contributed by atoms with Crippen LogP contribution in [0.25, 0.3) is 32.9 Å². The Balaban J connectivity index is 0.848. The molecular formula is C45H44F2N10O5. The van der Waals surface area contributed by atoms with Gasteiger partial charge in [0.2, 0.25) is 11.8 Å². The summed E-state index contributed by atoms with van der Waals surface area (Å²) < 4.78 is 38.4. The van der Waals surface area contributed by atoms with E-state index < -0.39 is 29.5 Å². The number of ether oxygens (including phenoxy) is 1. The minimum atomic E-state index is -0.773. The van der Waals surface area contributed by atoms with Gasteiger partial charge in [-0.15, -0.1) is 6.42 Å². The number of imide groups is 1. The number of hydrogen-bond donors (Lipinski definition) is 4. The number of hydrogen-bond acceptors (Lipinski definition) is 13. The molecule has 0 radical (unpaired) electrons. The molecule has 3 unspecified atom stereocenters. The van der Waals surface area contributed by atoms with Crippen LogP contribution in [0.3, 0.4) is 0 Å². The standard InChI is InChI=1S/C45H44F2N10O5/c1-2-30-33(46)7-3-25-17-29(58)18-31(37(25)30)39-38(47)40-32(20-49-39)41(57-21-26-4-5-27(22-57)50-26)54-44(53-40)62-24-45(11-12-45)23-55-13-15-56(16-14-55)28-6-8-34(48-19-28)42(60)51-35-9-10-36(59)52-43(35)61/h1,3,6-8,17-20,26-27,35,50,58H,4-5,9-16,21-24H2,(H,51,60)(H,52,59,61). The second-order valence-corrected chi connectivity index (χ2v) is 17.1. The molecule has 1 saturated carbocycles. The van der Waals surface area contributed by atoms with Gasteiger partial charge in [-0.25, -0.2) is 13.8 Å². The van der Waals surface area contributed by atoms with Crippen molar-refractivity contribution in [1.29, 1.82) is 0 Å². The minimum absolute atomic E-state index is 0.00877. The number of pyridine rings is 2. The fraction of sp³-hybridized carbons (Fsp3) is 0.400. The molecule has 3 amide bonds. The first-order valence-electron chi connectivity index (χ1n) is 21.0. The summed E-state index contributed by atoms with van der Waals surface area (Å²) in [6.45, 7) is 5.63. The summed E-state index contributed by atoms with van der Waals surface area (Å²) in [6.07, 6.45) is 13.4. The lowest BCUT2D eigenvalue weighted by atomic mass is 9.96. The molecule has 7 heterocycles. The third kappa shape index (κ3) is 7.57. The van der Waals surface area contributed by atoms with Crippen molar-refractivity contribution in [3.63, 3.8) is 0 Å². The van der Waals surface area contributed by atoms with E-state index in [0.29, 0.717) is 36.3 Å². The Morgan fingerprint density at radius 1 is 0.984 bits per heavy atom. The zero-order valence-electron chi connectivity index (χ0n) is 33.8. The molecule has 5 aliphatic rings. The number of fused-ring (bicyclic) bond motifs is 4. The van der Waals surface area contributed by atoms with E-state index in [0.717, 1.165) is 64.1 Å². The summed E-state index contributed by atoms with van der Waals surface area (Å²) in [5, 5.41) is 20.3. The van der Waals surface area contributed by atoms with Crippen molar-refractivity contribution in [2.75, 3.05) is 62.2 Å². The molecule has 3 aromatic heterocycles. The van der Waals surface area contributed by atoms with Crippen LogP contribution in [0.1, 0.15) is 54.6 Å². The topological polar surface area (TPSA) is 178 Å². The second kappa shape index (κ2) is 15.8.